The first-order chi connectivity index (χ1) is 12.1. The van der Waals surface area contributed by atoms with Crippen molar-refractivity contribution in [1.29, 1.82) is 0 Å². The lowest BCUT2D eigenvalue weighted by atomic mass is 9.89. The van der Waals surface area contributed by atoms with Crippen molar-refractivity contribution in [2.75, 3.05) is 5.75 Å². The van der Waals surface area contributed by atoms with Crippen LogP contribution in [0.15, 0.2) is 35.2 Å². The largest absolute Gasteiger partial charge is 0.299 e. The SMILES string of the molecule is O=C1CCCCCCCCCCC1CCCS(=O)(=O)c1ccccc1. The van der Waals surface area contributed by atoms with Crippen LogP contribution >= 0.6 is 0 Å². The zero-order valence-electron chi connectivity index (χ0n) is 15.3. The van der Waals surface area contributed by atoms with E-state index in [1.165, 1.54) is 32.1 Å². The molecule has 4 heteroatoms. The van der Waals surface area contributed by atoms with Crippen LogP contribution in [-0.4, -0.2) is 20.0 Å². The van der Waals surface area contributed by atoms with E-state index in [1.54, 1.807) is 24.3 Å². The van der Waals surface area contributed by atoms with Gasteiger partial charge in [0.1, 0.15) is 5.78 Å². The summed E-state index contributed by atoms with van der Waals surface area (Å²) in [6.45, 7) is 0. The highest BCUT2D eigenvalue weighted by atomic mass is 32.2. The van der Waals surface area contributed by atoms with Gasteiger partial charge in [0.05, 0.1) is 10.6 Å². The van der Waals surface area contributed by atoms with Crippen molar-refractivity contribution in [1.82, 2.24) is 0 Å². The molecule has 0 N–H and O–H groups in total. The maximum Gasteiger partial charge on any atom is 0.178 e. The number of carbonyl (C=O) groups excluding carboxylic acids is 1. The molecule has 0 aromatic heterocycles. The Hall–Kier alpha value is -1.16. The summed E-state index contributed by atoms with van der Waals surface area (Å²) in [7, 11) is -3.23. The van der Waals surface area contributed by atoms with Gasteiger partial charge >= 0.3 is 0 Å². The first kappa shape index (κ1) is 20.2. The maximum absolute atomic E-state index is 12.5. The Balaban J connectivity index is 1.86. The van der Waals surface area contributed by atoms with E-state index in [0.29, 0.717) is 29.9 Å². The normalized spacial score (nSPS) is 21.3. The van der Waals surface area contributed by atoms with Crippen molar-refractivity contribution in [3.8, 4) is 0 Å². The van der Waals surface area contributed by atoms with Gasteiger partial charge in [0.25, 0.3) is 0 Å². The number of benzene rings is 1. The quantitative estimate of drug-likeness (QED) is 0.708. The molecule has 140 valence electrons. The molecule has 0 amide bonds. The van der Waals surface area contributed by atoms with Crippen molar-refractivity contribution in [3.63, 3.8) is 0 Å². The van der Waals surface area contributed by atoms with E-state index in [1.807, 2.05) is 6.07 Å². The summed E-state index contributed by atoms with van der Waals surface area (Å²) in [4.78, 5) is 12.9. The number of ketones is 1. The Bertz CT molecular complexity index is 607. The van der Waals surface area contributed by atoms with E-state index in [0.717, 1.165) is 25.7 Å². The van der Waals surface area contributed by atoms with Crippen molar-refractivity contribution >= 4 is 15.6 Å². The zero-order valence-corrected chi connectivity index (χ0v) is 16.1. The van der Waals surface area contributed by atoms with Crippen molar-refractivity contribution in [2.24, 2.45) is 5.92 Å². The van der Waals surface area contributed by atoms with E-state index in [-0.39, 0.29) is 11.7 Å². The molecule has 2 rings (SSSR count). The first-order valence-electron chi connectivity index (χ1n) is 9.90. The summed E-state index contributed by atoms with van der Waals surface area (Å²) < 4.78 is 24.8. The molecule has 0 radical (unpaired) electrons. The second-order valence-electron chi connectivity index (χ2n) is 7.30. The zero-order chi connectivity index (χ0) is 18.0. The van der Waals surface area contributed by atoms with Crippen LogP contribution in [0.1, 0.15) is 77.0 Å². The molecular formula is C21H32O3S. The molecule has 25 heavy (non-hydrogen) atoms. The van der Waals surface area contributed by atoms with Crippen molar-refractivity contribution < 1.29 is 13.2 Å². The molecule has 1 fully saturated rings. The number of Topliss-reactive ketones (excluding diaryl/α,β-unsaturated/α-hetero) is 1. The van der Waals surface area contributed by atoms with Gasteiger partial charge in [-0.3, -0.25) is 4.79 Å². The van der Waals surface area contributed by atoms with Crippen molar-refractivity contribution in [2.45, 2.75) is 81.9 Å². The summed E-state index contributed by atoms with van der Waals surface area (Å²) in [5.74, 6) is 0.559. The molecule has 0 aliphatic heterocycles. The number of hydrogen-bond donors (Lipinski definition) is 0. The molecule has 1 aromatic carbocycles. The fraction of sp³-hybridized carbons (Fsp3) is 0.667. The van der Waals surface area contributed by atoms with Crippen LogP contribution in [-0.2, 0) is 14.6 Å². The van der Waals surface area contributed by atoms with Gasteiger partial charge in [-0.15, -0.1) is 0 Å². The van der Waals surface area contributed by atoms with Crippen LogP contribution < -0.4 is 0 Å². The topological polar surface area (TPSA) is 51.2 Å². The highest BCUT2D eigenvalue weighted by Gasteiger charge is 2.20. The monoisotopic (exact) mass is 364 g/mol. The van der Waals surface area contributed by atoms with Crippen LogP contribution in [0, 0.1) is 5.92 Å². The van der Waals surface area contributed by atoms with Gasteiger partial charge in [-0.05, 0) is 37.8 Å². The molecule has 0 saturated heterocycles. The third-order valence-electron chi connectivity index (χ3n) is 5.25. The number of carbonyl (C=O) groups is 1. The second-order valence-corrected chi connectivity index (χ2v) is 9.41. The molecule has 0 spiro atoms. The van der Waals surface area contributed by atoms with Gasteiger partial charge in [0, 0.05) is 12.3 Å². The lowest BCUT2D eigenvalue weighted by molar-refractivity contribution is -0.123. The van der Waals surface area contributed by atoms with E-state index in [2.05, 4.69) is 0 Å². The summed E-state index contributed by atoms with van der Waals surface area (Å²) in [5.41, 5.74) is 0. The molecular weight excluding hydrogens is 332 g/mol. The molecule has 0 bridgehead atoms. The highest BCUT2D eigenvalue weighted by Crippen LogP contribution is 2.23. The van der Waals surface area contributed by atoms with E-state index < -0.39 is 9.84 Å². The fourth-order valence-electron chi connectivity index (χ4n) is 3.69. The molecule has 3 nitrogen and oxygen atoms in total. The first-order valence-corrected chi connectivity index (χ1v) is 11.6. The van der Waals surface area contributed by atoms with Gasteiger partial charge in [0.2, 0.25) is 0 Å². The molecule has 1 aliphatic rings. The Morgan fingerprint density at radius 3 is 2.12 bits per heavy atom. The summed E-state index contributed by atoms with van der Waals surface area (Å²) in [6.07, 6.45) is 12.5. The standard InChI is InChI=1S/C21H32O3S/c22-21-17-11-6-4-2-1-3-5-8-13-19(21)14-12-18-25(23,24)20-15-9-7-10-16-20/h7,9-10,15-16,19H,1-6,8,11-14,17-18H2. The third-order valence-corrected chi connectivity index (χ3v) is 7.07. The average Bonchev–Trinajstić information content (AvgIpc) is 2.61. The average molecular weight is 365 g/mol. The van der Waals surface area contributed by atoms with Crippen LogP contribution in [0.5, 0.6) is 0 Å². The molecule has 0 heterocycles. The molecule has 1 aromatic rings. The second kappa shape index (κ2) is 10.7. The number of hydrogen-bond acceptors (Lipinski definition) is 3. The van der Waals surface area contributed by atoms with Crippen molar-refractivity contribution in [3.05, 3.63) is 30.3 Å². The summed E-state index contributed by atoms with van der Waals surface area (Å²) >= 11 is 0. The lowest BCUT2D eigenvalue weighted by Crippen LogP contribution is -2.17. The van der Waals surface area contributed by atoms with E-state index in [4.69, 9.17) is 0 Å². The Labute approximate surface area is 153 Å². The smallest absolute Gasteiger partial charge is 0.178 e. The predicted molar refractivity (Wildman–Crippen MR) is 102 cm³/mol. The Morgan fingerprint density at radius 1 is 0.840 bits per heavy atom. The van der Waals surface area contributed by atoms with E-state index in [9.17, 15) is 13.2 Å². The number of rotatable bonds is 5. The minimum Gasteiger partial charge on any atom is -0.299 e. The predicted octanol–water partition coefficient (Wildman–Crippen LogP) is 5.34. The molecule has 1 saturated carbocycles. The molecule has 1 atom stereocenters. The van der Waals surface area contributed by atoms with Gasteiger partial charge in [0.15, 0.2) is 9.84 Å². The van der Waals surface area contributed by atoms with Gasteiger partial charge in [-0.1, -0.05) is 63.1 Å². The molecule has 1 unspecified atom stereocenters. The summed E-state index contributed by atoms with van der Waals surface area (Å²) in [6, 6.07) is 8.63. The lowest BCUT2D eigenvalue weighted by Gasteiger charge is -2.17. The third kappa shape index (κ3) is 7.31. The number of sulfone groups is 1. The minimum absolute atomic E-state index is 0.0606. The minimum atomic E-state index is -3.23. The van der Waals surface area contributed by atoms with Crippen LogP contribution in [0.25, 0.3) is 0 Å². The van der Waals surface area contributed by atoms with Gasteiger partial charge < -0.3 is 0 Å². The van der Waals surface area contributed by atoms with E-state index >= 15 is 0 Å². The highest BCUT2D eigenvalue weighted by molar-refractivity contribution is 7.91. The molecule has 1 aliphatic carbocycles. The Morgan fingerprint density at radius 2 is 1.44 bits per heavy atom. The van der Waals surface area contributed by atoms with Crippen LogP contribution in [0.4, 0.5) is 0 Å². The Kier molecular flexibility index (Phi) is 8.66. The summed E-state index contributed by atoms with van der Waals surface area (Å²) in [5, 5.41) is 0. The van der Waals surface area contributed by atoms with Gasteiger partial charge in [-0.2, -0.15) is 0 Å². The fourth-order valence-corrected chi connectivity index (χ4v) is 5.04. The van der Waals surface area contributed by atoms with Gasteiger partial charge in [-0.25, -0.2) is 8.42 Å². The van der Waals surface area contributed by atoms with Crippen LogP contribution in [0.2, 0.25) is 0 Å². The van der Waals surface area contributed by atoms with Crippen LogP contribution in [0.3, 0.4) is 0 Å². The maximum atomic E-state index is 12.5.